The molecule has 1 unspecified atom stereocenters. The number of non-ortho nitro benzene ring substituents is 1. The third kappa shape index (κ3) is 5.58. The Hall–Kier alpha value is -4.34. The molecule has 0 spiro atoms. The zero-order valence-corrected chi connectivity index (χ0v) is 20.4. The van der Waals surface area contributed by atoms with E-state index < -0.39 is 34.7 Å². The number of hydrogen-bond donors (Lipinski definition) is 0. The van der Waals surface area contributed by atoms with Gasteiger partial charge in [-0.15, -0.1) is 0 Å². The summed E-state index contributed by atoms with van der Waals surface area (Å²) >= 11 is 0. The minimum atomic E-state index is -1.01. The number of nitro groups is 1. The second kappa shape index (κ2) is 11.2. The highest BCUT2D eigenvalue weighted by Crippen LogP contribution is 2.29. The van der Waals surface area contributed by atoms with Crippen LogP contribution in [0.2, 0.25) is 0 Å². The summed E-state index contributed by atoms with van der Waals surface area (Å²) in [6.45, 7) is 0.237. The van der Waals surface area contributed by atoms with Crippen LogP contribution in [0.1, 0.15) is 59.2 Å². The van der Waals surface area contributed by atoms with Gasteiger partial charge >= 0.3 is 5.97 Å². The zero-order chi connectivity index (χ0) is 26.5. The lowest BCUT2D eigenvalue weighted by atomic mass is 9.96. The number of methoxy groups -OCH3 is 1. The van der Waals surface area contributed by atoms with Gasteiger partial charge in [0.1, 0.15) is 6.04 Å². The van der Waals surface area contributed by atoms with Crippen molar-refractivity contribution >= 4 is 35.1 Å². The van der Waals surface area contributed by atoms with Gasteiger partial charge in [0.05, 0.1) is 29.7 Å². The summed E-state index contributed by atoms with van der Waals surface area (Å²) < 4.78 is 4.69. The Labute approximate surface area is 213 Å². The Morgan fingerprint density at radius 1 is 1.05 bits per heavy atom. The molecule has 1 fully saturated rings. The van der Waals surface area contributed by atoms with Gasteiger partial charge in [0, 0.05) is 24.2 Å². The summed E-state index contributed by atoms with van der Waals surface area (Å²) in [5.74, 6) is -2.01. The van der Waals surface area contributed by atoms with Crippen LogP contribution in [0.5, 0.6) is 0 Å². The molecule has 37 heavy (non-hydrogen) atoms. The average Bonchev–Trinajstić information content (AvgIpc) is 3.22. The number of allylic oxidation sites excluding steroid dienone is 1. The van der Waals surface area contributed by atoms with Crippen LogP contribution in [-0.2, 0) is 14.3 Å². The van der Waals surface area contributed by atoms with Crippen LogP contribution >= 0.6 is 0 Å². The number of benzene rings is 2. The normalized spacial score (nSPS) is 17.4. The second-order valence-corrected chi connectivity index (χ2v) is 8.99. The van der Waals surface area contributed by atoms with Crippen LogP contribution in [0.4, 0.5) is 11.4 Å². The molecule has 1 aliphatic heterocycles. The number of imide groups is 1. The van der Waals surface area contributed by atoms with E-state index >= 15 is 0 Å². The number of anilines is 1. The van der Waals surface area contributed by atoms with Crippen molar-refractivity contribution in [2.75, 3.05) is 18.6 Å². The monoisotopic (exact) mass is 505 g/mol. The van der Waals surface area contributed by atoms with Crippen molar-refractivity contribution in [1.29, 1.82) is 0 Å². The van der Waals surface area contributed by atoms with Crippen LogP contribution < -0.4 is 4.90 Å². The number of amides is 3. The molecule has 2 aromatic rings. The van der Waals surface area contributed by atoms with Gasteiger partial charge < -0.3 is 9.64 Å². The van der Waals surface area contributed by atoms with Crippen LogP contribution in [0, 0.1) is 10.1 Å². The van der Waals surface area contributed by atoms with Crippen molar-refractivity contribution in [2.24, 2.45) is 0 Å². The molecule has 0 radical (unpaired) electrons. The van der Waals surface area contributed by atoms with E-state index in [-0.39, 0.29) is 29.8 Å². The molecular formula is C27H27N3O7. The largest absolute Gasteiger partial charge is 0.465 e. The fraction of sp³-hybridized carbons (Fsp3) is 0.333. The molecule has 192 valence electrons. The van der Waals surface area contributed by atoms with Crippen molar-refractivity contribution < 1.29 is 28.8 Å². The fourth-order valence-corrected chi connectivity index (χ4v) is 4.68. The number of nitrogens with zero attached hydrogens (tertiary/aromatic N) is 3. The molecule has 2 aliphatic rings. The fourth-order valence-electron chi connectivity index (χ4n) is 4.68. The molecular weight excluding hydrogens is 478 g/mol. The first-order valence-corrected chi connectivity index (χ1v) is 12.1. The highest BCUT2D eigenvalue weighted by Gasteiger charge is 2.44. The minimum Gasteiger partial charge on any atom is -0.465 e. The molecule has 1 heterocycles. The van der Waals surface area contributed by atoms with Crippen molar-refractivity contribution in [3.05, 3.63) is 81.4 Å². The highest BCUT2D eigenvalue weighted by molar-refractivity contribution is 6.23. The van der Waals surface area contributed by atoms with Crippen LogP contribution in [0.15, 0.2) is 60.2 Å². The maximum Gasteiger partial charge on any atom is 0.337 e. The summed E-state index contributed by atoms with van der Waals surface area (Å²) in [4.78, 5) is 64.6. The zero-order valence-electron chi connectivity index (χ0n) is 20.4. The number of ether oxygens (including phenoxy) is 1. The van der Waals surface area contributed by atoms with Gasteiger partial charge in [-0.25, -0.2) is 9.69 Å². The molecule has 1 aliphatic carbocycles. The Morgan fingerprint density at radius 3 is 2.32 bits per heavy atom. The van der Waals surface area contributed by atoms with E-state index in [9.17, 15) is 29.3 Å². The number of carbonyl (C=O) groups excluding carboxylic acids is 4. The van der Waals surface area contributed by atoms with Gasteiger partial charge in [0.15, 0.2) is 0 Å². The van der Waals surface area contributed by atoms with Crippen LogP contribution in [0.25, 0.3) is 0 Å². The van der Waals surface area contributed by atoms with Crippen molar-refractivity contribution in [1.82, 2.24) is 4.90 Å². The van der Waals surface area contributed by atoms with E-state index in [2.05, 4.69) is 10.8 Å². The number of nitro benzene ring substituents is 1. The topological polar surface area (TPSA) is 127 Å². The third-order valence-electron chi connectivity index (χ3n) is 6.69. The van der Waals surface area contributed by atoms with Gasteiger partial charge in [0.25, 0.3) is 17.5 Å². The van der Waals surface area contributed by atoms with E-state index in [4.69, 9.17) is 0 Å². The summed E-state index contributed by atoms with van der Waals surface area (Å²) in [5.41, 5.74) is 1.83. The number of hydrogen-bond acceptors (Lipinski definition) is 7. The Balaban J connectivity index is 1.60. The smallest absolute Gasteiger partial charge is 0.337 e. The Bertz CT molecular complexity index is 1250. The molecule has 1 saturated heterocycles. The summed E-state index contributed by atoms with van der Waals surface area (Å²) in [5, 5.41) is 11.0. The summed E-state index contributed by atoms with van der Waals surface area (Å²) in [7, 11) is 1.26. The lowest BCUT2D eigenvalue weighted by molar-refractivity contribution is -0.384. The quantitative estimate of drug-likeness (QED) is 0.174. The first-order chi connectivity index (χ1) is 17.8. The molecule has 2 aromatic carbocycles. The van der Waals surface area contributed by atoms with Crippen molar-refractivity contribution in [2.45, 2.75) is 44.6 Å². The number of esters is 1. The Kier molecular flexibility index (Phi) is 7.76. The molecule has 0 N–H and O–H groups in total. The lowest BCUT2D eigenvalue weighted by Gasteiger charge is -2.28. The van der Waals surface area contributed by atoms with Crippen LogP contribution in [-0.4, -0.2) is 53.2 Å². The highest BCUT2D eigenvalue weighted by atomic mass is 16.6. The van der Waals surface area contributed by atoms with Crippen molar-refractivity contribution in [3.8, 4) is 0 Å². The predicted octanol–water partition coefficient (Wildman–Crippen LogP) is 4.05. The molecule has 10 nitrogen and oxygen atoms in total. The summed E-state index contributed by atoms with van der Waals surface area (Å²) in [6.07, 6.45) is 6.64. The van der Waals surface area contributed by atoms with Crippen LogP contribution in [0.3, 0.4) is 0 Å². The summed E-state index contributed by atoms with van der Waals surface area (Å²) in [6, 6.07) is 10.1. The van der Waals surface area contributed by atoms with Gasteiger partial charge in [-0.1, -0.05) is 11.6 Å². The SMILES string of the molecule is COC(=O)c1ccc(N2C(=O)CC(N(CCC3=CCCCC3)C(=O)c3ccc([N+](=O)[O-])cc3)C2=O)cc1. The standard InChI is InChI=1S/C27H27N3O7/c1-37-27(34)20-9-11-21(12-10-20)29-24(31)17-23(26(29)33)28(16-15-18-5-3-2-4-6-18)25(32)19-7-13-22(14-8-19)30(35)36/h5,7-14,23H,2-4,6,15-17H2,1H3. The lowest BCUT2D eigenvalue weighted by Crippen LogP contribution is -2.46. The van der Waals surface area contributed by atoms with Gasteiger partial charge in [-0.3, -0.25) is 24.5 Å². The van der Waals surface area contributed by atoms with E-state index in [0.717, 1.165) is 30.6 Å². The van der Waals surface area contributed by atoms with E-state index in [1.54, 1.807) is 0 Å². The van der Waals surface area contributed by atoms with Gasteiger partial charge in [-0.2, -0.15) is 0 Å². The van der Waals surface area contributed by atoms with Gasteiger partial charge in [-0.05, 0) is 68.5 Å². The van der Waals surface area contributed by atoms with Gasteiger partial charge in [0.2, 0.25) is 5.91 Å². The Morgan fingerprint density at radius 2 is 1.73 bits per heavy atom. The third-order valence-corrected chi connectivity index (χ3v) is 6.69. The van der Waals surface area contributed by atoms with E-state index in [1.165, 1.54) is 66.1 Å². The molecule has 10 heteroatoms. The average molecular weight is 506 g/mol. The molecule has 0 bridgehead atoms. The minimum absolute atomic E-state index is 0.149. The maximum absolute atomic E-state index is 13.5. The van der Waals surface area contributed by atoms with Crippen molar-refractivity contribution in [3.63, 3.8) is 0 Å². The van der Waals surface area contributed by atoms with E-state index in [0.29, 0.717) is 12.1 Å². The first kappa shape index (κ1) is 25.7. The molecule has 1 atom stereocenters. The number of rotatable bonds is 8. The second-order valence-electron chi connectivity index (χ2n) is 8.99. The molecule has 0 saturated carbocycles. The predicted molar refractivity (Wildman–Crippen MR) is 134 cm³/mol. The maximum atomic E-state index is 13.5. The van der Waals surface area contributed by atoms with E-state index in [1.807, 2.05) is 0 Å². The number of carbonyl (C=O) groups is 4. The first-order valence-electron chi connectivity index (χ1n) is 12.1. The molecule has 0 aromatic heterocycles. The molecule has 3 amide bonds. The molecule has 4 rings (SSSR count).